The number of carboxylic acids is 1. The number of carboxylic acid groups (broad SMARTS) is 1. The molecule has 4 rings (SSSR count). The van der Waals surface area contributed by atoms with E-state index in [1.54, 1.807) is 0 Å². The highest BCUT2D eigenvalue weighted by molar-refractivity contribution is 5.73. The molecule has 0 bridgehead atoms. The second-order valence-electron chi connectivity index (χ2n) is 7.91. The maximum Gasteiger partial charge on any atom is 0.329 e. The van der Waals surface area contributed by atoms with Crippen molar-refractivity contribution in [3.63, 3.8) is 0 Å². The van der Waals surface area contributed by atoms with Crippen LogP contribution in [-0.4, -0.2) is 60.8 Å². The Kier molecular flexibility index (Phi) is 7.69. The number of carbonyl (C=O) groups excluding carboxylic acids is 1. The molecule has 2 aromatic carbocycles. The lowest BCUT2D eigenvalue weighted by Gasteiger charge is -2.49. The number of carbonyl (C=O) groups is 2. The van der Waals surface area contributed by atoms with E-state index in [0.717, 1.165) is 11.1 Å². The summed E-state index contributed by atoms with van der Waals surface area (Å²) in [5.74, 6) is -1.46. The standard InChI is InChI=1S/C24H27NO8/c1-15(26)25-20-22(29-14-19(27)28)21-18(13-31-23(33-21)17-10-6-3-7-11-17)32-24(20)30-12-16-8-4-2-5-9-16/h2-11,18,20-24H,12-14H2,1H3,(H,25,26)(H,27,28)/t18-,20+,21-,22-,23-,24-/m1/s1. The van der Waals surface area contributed by atoms with Crippen molar-refractivity contribution >= 4 is 11.9 Å². The Bertz CT molecular complexity index is 925. The summed E-state index contributed by atoms with van der Waals surface area (Å²) in [6.07, 6.45) is -3.66. The first-order chi connectivity index (χ1) is 16.0. The number of fused-ring (bicyclic) bond motifs is 1. The van der Waals surface area contributed by atoms with Gasteiger partial charge in [-0.15, -0.1) is 0 Å². The Morgan fingerprint density at radius 1 is 1.03 bits per heavy atom. The lowest BCUT2D eigenvalue weighted by atomic mass is 9.95. The fourth-order valence-corrected chi connectivity index (χ4v) is 4.00. The molecule has 0 aliphatic carbocycles. The summed E-state index contributed by atoms with van der Waals surface area (Å²) in [5, 5.41) is 12.0. The van der Waals surface area contributed by atoms with Gasteiger partial charge in [-0.3, -0.25) is 4.79 Å². The summed E-state index contributed by atoms with van der Waals surface area (Å²) in [5.41, 5.74) is 1.74. The number of rotatable bonds is 8. The largest absolute Gasteiger partial charge is 0.480 e. The molecule has 0 aromatic heterocycles. The minimum absolute atomic E-state index is 0.190. The Balaban J connectivity index is 1.56. The average molecular weight is 457 g/mol. The van der Waals surface area contributed by atoms with Crippen LogP contribution in [0.1, 0.15) is 24.3 Å². The van der Waals surface area contributed by atoms with Gasteiger partial charge in [0.25, 0.3) is 0 Å². The van der Waals surface area contributed by atoms with E-state index in [9.17, 15) is 14.7 Å². The zero-order valence-electron chi connectivity index (χ0n) is 18.2. The summed E-state index contributed by atoms with van der Waals surface area (Å²) < 4.78 is 29.9. The molecule has 6 atom stereocenters. The molecule has 2 N–H and O–H groups in total. The predicted molar refractivity (Wildman–Crippen MR) is 115 cm³/mol. The van der Waals surface area contributed by atoms with Gasteiger partial charge in [-0.05, 0) is 5.56 Å². The molecule has 0 radical (unpaired) electrons. The van der Waals surface area contributed by atoms with Gasteiger partial charge in [0, 0.05) is 12.5 Å². The number of aliphatic carboxylic acids is 1. The molecule has 176 valence electrons. The summed E-state index contributed by atoms with van der Waals surface area (Å²) in [7, 11) is 0. The second kappa shape index (κ2) is 10.9. The van der Waals surface area contributed by atoms with Crippen molar-refractivity contribution in [2.24, 2.45) is 0 Å². The van der Waals surface area contributed by atoms with Crippen molar-refractivity contribution in [3.8, 4) is 0 Å². The van der Waals surface area contributed by atoms with Gasteiger partial charge in [0.1, 0.15) is 31.0 Å². The minimum Gasteiger partial charge on any atom is -0.480 e. The first-order valence-electron chi connectivity index (χ1n) is 10.7. The van der Waals surface area contributed by atoms with Gasteiger partial charge >= 0.3 is 5.97 Å². The van der Waals surface area contributed by atoms with Gasteiger partial charge in [-0.1, -0.05) is 60.7 Å². The molecule has 2 fully saturated rings. The Morgan fingerprint density at radius 3 is 2.39 bits per heavy atom. The van der Waals surface area contributed by atoms with Crippen LogP contribution in [0.2, 0.25) is 0 Å². The van der Waals surface area contributed by atoms with E-state index in [1.807, 2.05) is 60.7 Å². The van der Waals surface area contributed by atoms with Crippen LogP contribution in [0.15, 0.2) is 60.7 Å². The minimum atomic E-state index is -1.13. The van der Waals surface area contributed by atoms with Crippen LogP contribution in [0.25, 0.3) is 0 Å². The fraction of sp³-hybridized carbons (Fsp3) is 0.417. The van der Waals surface area contributed by atoms with Gasteiger partial charge in [0.2, 0.25) is 5.91 Å². The molecule has 2 aliphatic rings. The van der Waals surface area contributed by atoms with Crippen molar-refractivity contribution < 1.29 is 38.4 Å². The third-order valence-corrected chi connectivity index (χ3v) is 5.44. The van der Waals surface area contributed by atoms with Crippen molar-refractivity contribution in [3.05, 3.63) is 71.8 Å². The van der Waals surface area contributed by atoms with Crippen molar-refractivity contribution in [2.45, 2.75) is 50.5 Å². The molecule has 1 amide bonds. The summed E-state index contributed by atoms with van der Waals surface area (Å²) >= 11 is 0. The van der Waals surface area contributed by atoms with Gasteiger partial charge in [-0.25, -0.2) is 4.79 Å². The van der Waals surface area contributed by atoms with Crippen LogP contribution in [0.3, 0.4) is 0 Å². The molecule has 33 heavy (non-hydrogen) atoms. The number of hydrogen-bond donors (Lipinski definition) is 2. The van der Waals surface area contributed by atoms with Crippen LogP contribution < -0.4 is 5.32 Å². The summed E-state index contributed by atoms with van der Waals surface area (Å²) in [6.45, 7) is 1.23. The van der Waals surface area contributed by atoms with Crippen molar-refractivity contribution in [1.29, 1.82) is 0 Å². The van der Waals surface area contributed by atoms with E-state index in [0.29, 0.717) is 0 Å². The zero-order chi connectivity index (χ0) is 23.2. The highest BCUT2D eigenvalue weighted by atomic mass is 16.8. The normalized spacial score (nSPS) is 29.1. The Labute approximate surface area is 191 Å². The van der Waals surface area contributed by atoms with Crippen LogP contribution >= 0.6 is 0 Å². The summed E-state index contributed by atoms with van der Waals surface area (Å²) in [6, 6.07) is 18.1. The molecule has 9 heteroatoms. The molecule has 2 saturated heterocycles. The molecule has 0 unspecified atom stereocenters. The van der Waals surface area contributed by atoms with E-state index >= 15 is 0 Å². The lowest BCUT2D eigenvalue weighted by molar-refractivity contribution is -0.349. The second-order valence-corrected chi connectivity index (χ2v) is 7.91. The van der Waals surface area contributed by atoms with Crippen molar-refractivity contribution in [1.82, 2.24) is 5.32 Å². The van der Waals surface area contributed by atoms with Crippen LogP contribution in [0, 0.1) is 0 Å². The highest BCUT2D eigenvalue weighted by Crippen LogP contribution is 2.35. The first kappa shape index (κ1) is 23.3. The number of ether oxygens (including phenoxy) is 5. The molecule has 9 nitrogen and oxygen atoms in total. The maximum absolute atomic E-state index is 12.0. The molecular weight excluding hydrogens is 430 g/mol. The van der Waals surface area contributed by atoms with Crippen LogP contribution in [-0.2, 0) is 39.9 Å². The monoisotopic (exact) mass is 457 g/mol. The topological polar surface area (TPSA) is 113 Å². The molecule has 2 aromatic rings. The zero-order valence-corrected chi connectivity index (χ0v) is 18.2. The van der Waals surface area contributed by atoms with Gasteiger partial charge in [-0.2, -0.15) is 0 Å². The molecular formula is C24H27NO8. The predicted octanol–water partition coefficient (Wildman–Crippen LogP) is 2.02. The number of nitrogens with one attached hydrogen (secondary N) is 1. The van der Waals surface area contributed by atoms with Crippen molar-refractivity contribution in [2.75, 3.05) is 13.2 Å². The first-order valence-corrected chi connectivity index (χ1v) is 10.7. The summed E-state index contributed by atoms with van der Waals surface area (Å²) in [4.78, 5) is 23.3. The highest BCUT2D eigenvalue weighted by Gasteiger charge is 2.51. The number of benzene rings is 2. The van der Waals surface area contributed by atoms with Crippen LogP contribution in [0.5, 0.6) is 0 Å². The molecule has 2 aliphatic heterocycles. The van der Waals surface area contributed by atoms with E-state index in [1.165, 1.54) is 6.92 Å². The number of hydrogen-bond acceptors (Lipinski definition) is 7. The van der Waals surface area contributed by atoms with E-state index in [4.69, 9.17) is 23.7 Å². The Hall–Kier alpha value is -2.82. The maximum atomic E-state index is 12.0. The SMILES string of the molecule is CC(=O)N[C@@H]1[C@H](OCc2ccccc2)O[C@@H]2CO[C@@H](c3ccccc3)O[C@H]2[C@@H]1OCC(=O)O. The third kappa shape index (κ3) is 5.95. The number of amides is 1. The van der Waals surface area contributed by atoms with E-state index in [2.05, 4.69) is 5.32 Å². The average Bonchev–Trinajstić information content (AvgIpc) is 2.82. The fourth-order valence-electron chi connectivity index (χ4n) is 4.00. The van der Waals surface area contributed by atoms with Crippen LogP contribution in [0.4, 0.5) is 0 Å². The van der Waals surface area contributed by atoms with E-state index in [-0.39, 0.29) is 19.1 Å². The third-order valence-electron chi connectivity index (χ3n) is 5.44. The quantitative estimate of drug-likeness (QED) is 0.619. The molecule has 0 spiro atoms. The van der Waals surface area contributed by atoms with Gasteiger partial charge in [0.15, 0.2) is 12.6 Å². The Morgan fingerprint density at radius 2 is 1.73 bits per heavy atom. The van der Waals surface area contributed by atoms with Gasteiger partial charge < -0.3 is 34.1 Å². The molecule has 0 saturated carbocycles. The lowest BCUT2D eigenvalue weighted by Crippen LogP contribution is -2.67. The molecule has 2 heterocycles. The van der Waals surface area contributed by atoms with E-state index < -0.39 is 49.5 Å². The smallest absolute Gasteiger partial charge is 0.329 e. The van der Waals surface area contributed by atoms with Gasteiger partial charge in [0.05, 0.1) is 13.2 Å².